The Balaban J connectivity index is 1.32. The average molecular weight is 589 g/mol. The molecule has 0 aliphatic rings. The summed E-state index contributed by atoms with van der Waals surface area (Å²) < 4.78 is 34.5. The number of amides is 1. The summed E-state index contributed by atoms with van der Waals surface area (Å²) in [6, 6.07) is 18.7. The van der Waals surface area contributed by atoms with E-state index in [-0.39, 0.29) is 17.7 Å². The third-order valence-electron chi connectivity index (χ3n) is 6.11. The summed E-state index contributed by atoms with van der Waals surface area (Å²) in [6.07, 6.45) is 2.35. The average Bonchev–Trinajstić information content (AvgIpc) is 3.30. The number of ether oxygens (including phenoxy) is 1. The molecular formula is C28H27Cl2N3O5S. The van der Waals surface area contributed by atoms with E-state index in [0.717, 1.165) is 5.56 Å². The van der Waals surface area contributed by atoms with Gasteiger partial charge in [0.05, 0.1) is 34.8 Å². The molecule has 3 aromatic carbocycles. The molecule has 0 spiro atoms. The summed E-state index contributed by atoms with van der Waals surface area (Å²) in [4.78, 5) is 29.3. The molecule has 11 heteroatoms. The molecule has 0 aliphatic heterocycles. The fourth-order valence-electron chi connectivity index (χ4n) is 4.04. The number of nitrogens with one attached hydrogen (secondary N) is 1. The van der Waals surface area contributed by atoms with Crippen LogP contribution in [0.25, 0.3) is 11.0 Å². The molecular weight excluding hydrogens is 561 g/mol. The first-order chi connectivity index (χ1) is 18.6. The molecule has 1 amide bonds. The topological polar surface area (TPSA) is 107 Å². The third kappa shape index (κ3) is 7.81. The number of esters is 1. The number of hydrogen-bond donors (Lipinski definition) is 1. The SMILES string of the molecule is CC(CCCS(=O)(=O)NC(=O)c1ccc2ncn(CCc3ccc(Cl)cc3Cl)c2c1)OC(=O)c1ccccc1. The normalized spacial score (nSPS) is 12.3. The molecule has 0 aliphatic carbocycles. The lowest BCUT2D eigenvalue weighted by molar-refractivity contribution is 0.0324. The molecule has 1 unspecified atom stereocenters. The molecule has 0 radical (unpaired) electrons. The first kappa shape index (κ1) is 28.6. The summed E-state index contributed by atoms with van der Waals surface area (Å²) in [5, 5.41) is 1.13. The predicted octanol–water partition coefficient (Wildman–Crippen LogP) is 5.67. The van der Waals surface area contributed by atoms with E-state index in [1.54, 1.807) is 67.8 Å². The first-order valence-corrected chi connectivity index (χ1v) is 14.7. The van der Waals surface area contributed by atoms with Crippen LogP contribution in [0, 0.1) is 0 Å². The van der Waals surface area contributed by atoms with Crippen molar-refractivity contribution >= 4 is 56.1 Å². The quantitative estimate of drug-likeness (QED) is 0.226. The van der Waals surface area contributed by atoms with Gasteiger partial charge in [-0.15, -0.1) is 0 Å². The molecule has 0 bridgehead atoms. The van der Waals surface area contributed by atoms with Gasteiger partial charge < -0.3 is 9.30 Å². The zero-order valence-corrected chi connectivity index (χ0v) is 23.5. The molecule has 0 saturated carbocycles. The van der Waals surface area contributed by atoms with Gasteiger partial charge in [0.15, 0.2) is 0 Å². The van der Waals surface area contributed by atoms with Crippen LogP contribution in [0.15, 0.2) is 73.1 Å². The third-order valence-corrected chi connectivity index (χ3v) is 8.02. The number of imidazole rings is 1. The summed E-state index contributed by atoms with van der Waals surface area (Å²) >= 11 is 12.2. The van der Waals surface area contributed by atoms with Crippen LogP contribution in [-0.2, 0) is 27.7 Å². The summed E-state index contributed by atoms with van der Waals surface area (Å²) in [7, 11) is -3.90. The van der Waals surface area contributed by atoms with Crippen molar-refractivity contribution in [3.63, 3.8) is 0 Å². The van der Waals surface area contributed by atoms with Crippen molar-refractivity contribution < 1.29 is 22.7 Å². The number of sulfonamides is 1. The number of carbonyl (C=O) groups excluding carboxylic acids is 2. The monoisotopic (exact) mass is 587 g/mol. The zero-order valence-electron chi connectivity index (χ0n) is 21.1. The minimum atomic E-state index is -3.90. The second-order valence-electron chi connectivity index (χ2n) is 9.10. The fourth-order valence-corrected chi connectivity index (χ4v) is 5.59. The Labute approximate surface area is 237 Å². The van der Waals surface area contributed by atoms with Gasteiger partial charge in [-0.05, 0) is 74.2 Å². The highest BCUT2D eigenvalue weighted by atomic mass is 35.5. The molecule has 1 aromatic heterocycles. The Morgan fingerprint density at radius 3 is 2.54 bits per heavy atom. The maximum absolute atomic E-state index is 12.8. The van der Waals surface area contributed by atoms with Gasteiger partial charge in [0.2, 0.25) is 10.0 Å². The van der Waals surface area contributed by atoms with Gasteiger partial charge in [-0.25, -0.2) is 22.9 Å². The molecule has 1 heterocycles. The fraction of sp³-hybridized carbons (Fsp3) is 0.250. The maximum atomic E-state index is 12.8. The smallest absolute Gasteiger partial charge is 0.338 e. The van der Waals surface area contributed by atoms with Crippen LogP contribution in [0.1, 0.15) is 46.0 Å². The highest BCUT2D eigenvalue weighted by Crippen LogP contribution is 2.23. The van der Waals surface area contributed by atoms with E-state index in [4.69, 9.17) is 27.9 Å². The standard InChI is InChI=1S/C28H27Cl2N3O5S/c1-19(38-28(35)21-7-3-2-4-8-21)6-5-15-39(36,37)32-27(34)22-10-12-25-26(16-22)33(18-31-25)14-13-20-9-11-23(29)17-24(20)30/h2-4,7-12,16-19H,5-6,13-15H2,1H3,(H,32,34). The highest BCUT2D eigenvalue weighted by Gasteiger charge is 2.19. The van der Waals surface area contributed by atoms with E-state index in [1.807, 2.05) is 10.6 Å². The molecule has 4 rings (SSSR count). The lowest BCUT2D eigenvalue weighted by atomic mass is 10.1. The zero-order chi connectivity index (χ0) is 28.0. The van der Waals surface area contributed by atoms with Crippen LogP contribution in [0.4, 0.5) is 0 Å². The van der Waals surface area contributed by atoms with E-state index in [2.05, 4.69) is 9.71 Å². The number of benzene rings is 3. The number of aryl methyl sites for hydroxylation is 2. The van der Waals surface area contributed by atoms with Crippen LogP contribution in [0.2, 0.25) is 10.0 Å². The van der Waals surface area contributed by atoms with Crippen molar-refractivity contribution in [1.82, 2.24) is 14.3 Å². The molecule has 1 atom stereocenters. The van der Waals surface area contributed by atoms with Crippen LogP contribution < -0.4 is 4.72 Å². The number of rotatable bonds is 11. The van der Waals surface area contributed by atoms with Gasteiger partial charge in [0, 0.05) is 22.2 Å². The van der Waals surface area contributed by atoms with E-state index < -0.39 is 28.0 Å². The summed E-state index contributed by atoms with van der Waals surface area (Å²) in [6.45, 7) is 2.25. The number of nitrogens with zero attached hydrogens (tertiary/aromatic N) is 2. The minimum Gasteiger partial charge on any atom is -0.459 e. The van der Waals surface area contributed by atoms with Gasteiger partial charge >= 0.3 is 5.97 Å². The number of aromatic nitrogens is 2. The molecule has 0 fully saturated rings. The van der Waals surface area contributed by atoms with Crippen molar-refractivity contribution in [2.75, 3.05) is 5.75 Å². The van der Waals surface area contributed by atoms with Crippen molar-refractivity contribution in [2.45, 2.75) is 38.8 Å². The van der Waals surface area contributed by atoms with E-state index in [0.29, 0.717) is 46.0 Å². The Morgan fingerprint density at radius 1 is 1.03 bits per heavy atom. The lowest BCUT2D eigenvalue weighted by Gasteiger charge is -2.13. The molecule has 39 heavy (non-hydrogen) atoms. The molecule has 204 valence electrons. The number of hydrogen-bond acceptors (Lipinski definition) is 6. The molecule has 1 N–H and O–H groups in total. The largest absolute Gasteiger partial charge is 0.459 e. The van der Waals surface area contributed by atoms with Gasteiger partial charge in [0.1, 0.15) is 0 Å². The van der Waals surface area contributed by atoms with Crippen LogP contribution in [0.3, 0.4) is 0 Å². The minimum absolute atomic E-state index is 0.197. The number of fused-ring (bicyclic) bond motifs is 1. The summed E-state index contributed by atoms with van der Waals surface area (Å²) in [5.41, 5.74) is 2.92. The van der Waals surface area contributed by atoms with Gasteiger partial charge in [-0.1, -0.05) is 47.5 Å². The van der Waals surface area contributed by atoms with E-state index in [9.17, 15) is 18.0 Å². The number of carbonyl (C=O) groups is 2. The van der Waals surface area contributed by atoms with E-state index in [1.165, 1.54) is 6.07 Å². The Bertz CT molecular complexity index is 1590. The van der Waals surface area contributed by atoms with E-state index >= 15 is 0 Å². The van der Waals surface area contributed by atoms with Gasteiger partial charge in [0.25, 0.3) is 5.91 Å². The van der Waals surface area contributed by atoms with Gasteiger partial charge in [-0.2, -0.15) is 0 Å². The van der Waals surface area contributed by atoms with Crippen molar-refractivity contribution in [3.05, 3.63) is 99.8 Å². The lowest BCUT2D eigenvalue weighted by Crippen LogP contribution is -2.32. The summed E-state index contributed by atoms with van der Waals surface area (Å²) in [5.74, 6) is -1.48. The Morgan fingerprint density at radius 2 is 1.79 bits per heavy atom. The molecule has 0 saturated heterocycles. The van der Waals surface area contributed by atoms with Crippen molar-refractivity contribution in [3.8, 4) is 0 Å². The van der Waals surface area contributed by atoms with Gasteiger partial charge in [-0.3, -0.25) is 4.79 Å². The molecule has 4 aromatic rings. The predicted molar refractivity (Wildman–Crippen MR) is 152 cm³/mol. The van der Waals surface area contributed by atoms with Crippen LogP contribution in [0.5, 0.6) is 0 Å². The second-order valence-corrected chi connectivity index (χ2v) is 11.8. The first-order valence-electron chi connectivity index (χ1n) is 12.3. The molecule has 8 nitrogen and oxygen atoms in total. The highest BCUT2D eigenvalue weighted by molar-refractivity contribution is 7.90. The van der Waals surface area contributed by atoms with Crippen LogP contribution >= 0.6 is 23.2 Å². The Hall–Kier alpha value is -3.40. The van der Waals surface area contributed by atoms with Crippen LogP contribution in [-0.4, -0.2) is 41.7 Å². The Kier molecular flexibility index (Phi) is 9.27. The second kappa shape index (κ2) is 12.6. The van der Waals surface area contributed by atoms with Crippen molar-refractivity contribution in [1.29, 1.82) is 0 Å². The van der Waals surface area contributed by atoms with Crippen molar-refractivity contribution in [2.24, 2.45) is 0 Å². The number of halogens is 2. The maximum Gasteiger partial charge on any atom is 0.338 e.